The van der Waals surface area contributed by atoms with Crippen LogP contribution >= 0.6 is 15.9 Å². The first kappa shape index (κ1) is 20.6. The fourth-order valence-electron chi connectivity index (χ4n) is 2.77. The highest BCUT2D eigenvalue weighted by molar-refractivity contribution is 9.10. The van der Waals surface area contributed by atoms with E-state index in [2.05, 4.69) is 26.6 Å². The molecule has 0 aliphatic carbocycles. The Labute approximate surface area is 178 Å². The molecule has 0 aliphatic rings. The number of anilines is 1. The van der Waals surface area contributed by atoms with Crippen LogP contribution in [0, 0.1) is 0 Å². The number of carbonyl (C=O) groups is 2. The molecule has 0 spiro atoms. The maximum absolute atomic E-state index is 12.7. The maximum Gasteiger partial charge on any atom is 0.255 e. The normalized spacial score (nSPS) is 10.3. The predicted octanol–water partition coefficient (Wildman–Crippen LogP) is 5.03. The number of hydrogen-bond donors (Lipinski definition) is 2. The molecule has 0 atom stereocenters. The van der Waals surface area contributed by atoms with Crippen LogP contribution in [0.3, 0.4) is 0 Å². The molecule has 3 aromatic carbocycles. The van der Waals surface area contributed by atoms with Crippen LogP contribution in [0.4, 0.5) is 5.69 Å². The summed E-state index contributed by atoms with van der Waals surface area (Å²) in [5.41, 5.74) is 2.32. The molecule has 0 radical (unpaired) electrons. The number of hydrogen-bond acceptors (Lipinski definition) is 3. The molecule has 3 aromatic rings. The highest BCUT2D eigenvalue weighted by Gasteiger charge is 2.15. The third kappa shape index (κ3) is 5.45. The van der Waals surface area contributed by atoms with Crippen molar-refractivity contribution < 1.29 is 14.3 Å². The zero-order valence-corrected chi connectivity index (χ0v) is 17.5. The van der Waals surface area contributed by atoms with Gasteiger partial charge >= 0.3 is 0 Å². The summed E-state index contributed by atoms with van der Waals surface area (Å²) in [7, 11) is 0. The molecule has 2 amide bonds. The van der Waals surface area contributed by atoms with Crippen LogP contribution in [0.25, 0.3) is 0 Å². The summed E-state index contributed by atoms with van der Waals surface area (Å²) in [5, 5.41) is 5.71. The Kier molecular flexibility index (Phi) is 7.03. The van der Waals surface area contributed by atoms with Crippen LogP contribution < -0.4 is 15.4 Å². The van der Waals surface area contributed by atoms with Crippen molar-refractivity contribution in [1.82, 2.24) is 5.32 Å². The minimum atomic E-state index is -0.308. The van der Waals surface area contributed by atoms with Crippen molar-refractivity contribution in [2.45, 2.75) is 13.5 Å². The van der Waals surface area contributed by atoms with Crippen LogP contribution in [0.5, 0.6) is 5.75 Å². The Morgan fingerprint density at radius 2 is 1.66 bits per heavy atom. The van der Waals surface area contributed by atoms with E-state index >= 15 is 0 Å². The van der Waals surface area contributed by atoms with E-state index in [1.54, 1.807) is 42.5 Å². The van der Waals surface area contributed by atoms with Gasteiger partial charge in [0.1, 0.15) is 5.75 Å². The fraction of sp³-hybridized carbons (Fsp3) is 0.130. The summed E-state index contributed by atoms with van der Waals surface area (Å²) in [6, 6.07) is 21.7. The second kappa shape index (κ2) is 9.89. The predicted molar refractivity (Wildman–Crippen MR) is 117 cm³/mol. The van der Waals surface area contributed by atoms with E-state index in [9.17, 15) is 9.59 Å². The summed E-state index contributed by atoms with van der Waals surface area (Å²) >= 11 is 3.41. The van der Waals surface area contributed by atoms with Crippen LogP contribution in [-0.2, 0) is 6.54 Å². The summed E-state index contributed by atoms with van der Waals surface area (Å²) in [6.45, 7) is 2.84. The van der Waals surface area contributed by atoms with Crippen LogP contribution in [0.15, 0.2) is 77.3 Å². The van der Waals surface area contributed by atoms with Gasteiger partial charge in [0.05, 0.1) is 22.3 Å². The highest BCUT2D eigenvalue weighted by Crippen LogP contribution is 2.26. The minimum absolute atomic E-state index is 0.252. The first-order valence-corrected chi connectivity index (χ1v) is 10.0. The second-order valence-electron chi connectivity index (χ2n) is 6.25. The van der Waals surface area contributed by atoms with Crippen molar-refractivity contribution in [3.8, 4) is 5.75 Å². The van der Waals surface area contributed by atoms with Crippen LogP contribution in [-0.4, -0.2) is 18.4 Å². The Bertz CT molecular complexity index is 1010. The Hall–Kier alpha value is -3.12. The zero-order chi connectivity index (χ0) is 20.6. The molecule has 6 heteroatoms. The number of para-hydroxylation sites is 1. The third-order valence-electron chi connectivity index (χ3n) is 4.21. The van der Waals surface area contributed by atoms with Gasteiger partial charge in [-0.15, -0.1) is 0 Å². The van der Waals surface area contributed by atoms with Crippen LogP contribution in [0.1, 0.15) is 33.2 Å². The molecule has 0 bridgehead atoms. The van der Waals surface area contributed by atoms with Gasteiger partial charge in [-0.2, -0.15) is 0 Å². The topological polar surface area (TPSA) is 67.4 Å². The summed E-state index contributed by atoms with van der Waals surface area (Å²) in [5.74, 6) is 0.111. The van der Waals surface area contributed by atoms with Crippen LogP contribution in [0.2, 0.25) is 0 Å². The molecule has 2 N–H and O–H groups in total. The lowest BCUT2D eigenvalue weighted by Crippen LogP contribution is -2.24. The molecule has 0 heterocycles. The number of benzene rings is 3. The molecule has 0 aliphatic heterocycles. The molecule has 5 nitrogen and oxygen atoms in total. The lowest BCUT2D eigenvalue weighted by molar-refractivity contribution is 0.0952. The number of carbonyl (C=O) groups excluding carboxylic acids is 2. The molecule has 0 saturated heterocycles. The monoisotopic (exact) mass is 452 g/mol. The lowest BCUT2D eigenvalue weighted by Gasteiger charge is -2.12. The number of ether oxygens (including phenoxy) is 1. The van der Waals surface area contributed by atoms with Gasteiger partial charge in [-0.1, -0.05) is 42.5 Å². The van der Waals surface area contributed by atoms with E-state index in [-0.39, 0.29) is 11.8 Å². The molecular weight excluding hydrogens is 432 g/mol. The van der Waals surface area contributed by atoms with E-state index < -0.39 is 0 Å². The van der Waals surface area contributed by atoms with Crippen molar-refractivity contribution >= 4 is 33.4 Å². The maximum atomic E-state index is 12.7. The summed E-state index contributed by atoms with van der Waals surface area (Å²) in [6.07, 6.45) is 0. The fourth-order valence-corrected chi connectivity index (χ4v) is 3.27. The Morgan fingerprint density at radius 1 is 0.931 bits per heavy atom. The minimum Gasteiger partial charge on any atom is -0.493 e. The van der Waals surface area contributed by atoms with Crippen molar-refractivity contribution in [1.29, 1.82) is 0 Å². The van der Waals surface area contributed by atoms with E-state index in [4.69, 9.17) is 4.74 Å². The number of nitrogens with one attached hydrogen (secondary N) is 2. The van der Waals surface area contributed by atoms with Crippen molar-refractivity contribution in [2.24, 2.45) is 0 Å². The van der Waals surface area contributed by atoms with Gasteiger partial charge in [-0.3, -0.25) is 9.59 Å². The van der Waals surface area contributed by atoms with Gasteiger partial charge in [-0.25, -0.2) is 0 Å². The second-order valence-corrected chi connectivity index (χ2v) is 7.10. The first-order valence-electron chi connectivity index (χ1n) is 9.23. The highest BCUT2D eigenvalue weighted by atomic mass is 79.9. The molecule has 0 aromatic heterocycles. The average Bonchev–Trinajstić information content (AvgIpc) is 2.74. The number of rotatable bonds is 7. The molecule has 148 valence electrons. The molecule has 29 heavy (non-hydrogen) atoms. The number of amides is 2. The zero-order valence-electron chi connectivity index (χ0n) is 15.9. The van der Waals surface area contributed by atoms with Crippen molar-refractivity contribution in [3.63, 3.8) is 0 Å². The lowest BCUT2D eigenvalue weighted by atomic mass is 10.1. The number of halogens is 1. The molecule has 3 rings (SSSR count). The van der Waals surface area contributed by atoms with Gasteiger partial charge in [0.25, 0.3) is 11.8 Å². The van der Waals surface area contributed by atoms with Gasteiger partial charge in [0, 0.05) is 12.1 Å². The van der Waals surface area contributed by atoms with E-state index in [1.807, 2.05) is 37.3 Å². The van der Waals surface area contributed by atoms with E-state index in [0.29, 0.717) is 40.2 Å². The average molecular weight is 453 g/mol. The van der Waals surface area contributed by atoms with Gasteiger partial charge < -0.3 is 15.4 Å². The molecule has 0 fully saturated rings. The third-order valence-corrected chi connectivity index (χ3v) is 4.83. The Morgan fingerprint density at radius 3 is 2.38 bits per heavy atom. The van der Waals surface area contributed by atoms with E-state index in [0.717, 1.165) is 5.56 Å². The van der Waals surface area contributed by atoms with Gasteiger partial charge in [-0.05, 0) is 58.7 Å². The van der Waals surface area contributed by atoms with Crippen molar-refractivity contribution in [3.05, 3.63) is 94.0 Å². The van der Waals surface area contributed by atoms with Gasteiger partial charge in [0.15, 0.2) is 0 Å². The standard InChI is InChI=1S/C23H21BrN2O3/c1-2-29-21-13-12-17(14-19(21)24)22(27)26-20-11-7-6-10-18(20)23(28)25-15-16-8-4-3-5-9-16/h3-14H,2,15H2,1H3,(H,25,28)(H,26,27). The van der Waals surface area contributed by atoms with Crippen molar-refractivity contribution in [2.75, 3.05) is 11.9 Å². The first-order chi connectivity index (χ1) is 14.1. The van der Waals surface area contributed by atoms with Gasteiger partial charge in [0.2, 0.25) is 0 Å². The smallest absolute Gasteiger partial charge is 0.255 e. The van der Waals surface area contributed by atoms with E-state index in [1.165, 1.54) is 0 Å². The summed E-state index contributed by atoms with van der Waals surface area (Å²) in [4.78, 5) is 25.3. The Balaban J connectivity index is 1.72. The summed E-state index contributed by atoms with van der Waals surface area (Å²) < 4.78 is 6.17. The largest absolute Gasteiger partial charge is 0.493 e. The molecule has 0 saturated carbocycles. The molecular formula is C23H21BrN2O3. The quantitative estimate of drug-likeness (QED) is 0.528. The SMILES string of the molecule is CCOc1ccc(C(=O)Nc2ccccc2C(=O)NCc2ccccc2)cc1Br. The molecule has 0 unspecified atom stereocenters.